The SMILES string of the molecule is FC(F)(F)C(F)(F)C(F)(F)C(F)(F)C(F)(F)C(F)(F)F.OC[C@H]1O[C@@H]2O[C@H]3[C@H](O)[C@@H](O)[C@@H](O[C@H]4[C@H](O)[C@@H](O)[C@@H](O[C@H]5[C@H](O)[C@@H](O)[C@@H](O[C@H]6[C@H](O)[C@@H](O)[C@@H](O[C@H]7[C@H](O)[C@@H](O)[C@@H](O[C@H]8[C@H](O)[C@@H](O)[C@@H](O[C@H]1[C@H](O)[C@H]2O)O[C@@H]8CO)O[C@@H]7CO)O[C@@H]6CO)O[C@@H]5CO)O[C@@H]4CO)O[C@@H]3CO. The number of aliphatic hydroxyl groups is 21. The minimum atomic E-state index is -8.04. The Labute approximate surface area is 531 Å². The summed E-state index contributed by atoms with van der Waals surface area (Å²) in [4.78, 5) is 0. The summed E-state index contributed by atoms with van der Waals surface area (Å²) in [5.74, 6) is -31.7. The van der Waals surface area contributed by atoms with E-state index in [9.17, 15) is 169 Å². The van der Waals surface area contributed by atoms with Crippen molar-refractivity contribution in [2.24, 2.45) is 0 Å². The predicted octanol–water partition coefficient (Wildman–Crippen LogP) is -10.6. The quantitative estimate of drug-likeness (QED) is 0.0903. The zero-order valence-corrected chi connectivity index (χ0v) is 48.6. The van der Waals surface area contributed by atoms with Gasteiger partial charge < -0.3 is 174 Å². The fourth-order valence-corrected chi connectivity index (χ4v) is 11.2. The van der Waals surface area contributed by atoms with E-state index in [1.807, 2.05) is 0 Å². The van der Waals surface area contributed by atoms with Crippen molar-refractivity contribution in [3.63, 3.8) is 0 Å². The van der Waals surface area contributed by atoms with Crippen LogP contribution in [0.3, 0.4) is 0 Å². The standard InChI is InChI=1S/C42H70O35.C6F14/c43-1-8-29-15(50)22(57)36(64-8)72-30-9(2-44)66-38(24(59)17(30)52)74-32-11(4-46)68-40(26(61)19(32)54)76-34-13(6-48)70-42(28(63)21(34)56)77-35-14(7-49)69-41(27(62)20(35)55)75-33-12(5-47)67-39(25(60)18(33)53)73-31-10(3-45)65-37(71-29)23(58)16(31)51;7-1(8,3(11,12)5(15,16)17)2(9,10)4(13,14)6(18,19)20/h8-63H,1-7H2;/t8-,9-,10-,11-,12-,13-,14-,15-,16-,17-,18-,19-,20-,21-,22-,23-,24-,25-,26-,27-,28-,29-,30-,31-,32-,33-,34-,35-,36-,37-,38-,39-,40-,41-,42-;/m1./s1. The molecule has 0 amide bonds. The molecule has 21 aliphatic heterocycles. The molecule has 35 nitrogen and oxygen atoms in total. The van der Waals surface area contributed by atoms with Crippen molar-refractivity contribution in [3.8, 4) is 0 Å². The zero-order chi connectivity index (χ0) is 73.1. The van der Waals surface area contributed by atoms with Gasteiger partial charge in [-0.3, -0.25) is 0 Å². The molecule has 0 spiro atoms. The van der Waals surface area contributed by atoms with Crippen LogP contribution in [0.2, 0.25) is 0 Å². The molecule has 0 aromatic carbocycles. The van der Waals surface area contributed by atoms with Gasteiger partial charge in [0, 0.05) is 0 Å². The fraction of sp³-hybridized carbons (Fsp3) is 1.00. The number of aliphatic hydroxyl groups excluding tert-OH is 21. The molecule has 21 heterocycles. The van der Waals surface area contributed by atoms with E-state index in [1.54, 1.807) is 0 Å². The summed E-state index contributed by atoms with van der Waals surface area (Å²) in [5, 5.41) is 230. The molecular formula is C48H70F14O35. The van der Waals surface area contributed by atoms with Gasteiger partial charge in [-0.2, -0.15) is 61.5 Å². The first kappa shape index (κ1) is 81.9. The summed E-state index contributed by atoms with van der Waals surface area (Å²) in [6.07, 6.45) is -85.2. The van der Waals surface area contributed by atoms with Gasteiger partial charge >= 0.3 is 36.0 Å². The van der Waals surface area contributed by atoms with Crippen molar-refractivity contribution in [1.29, 1.82) is 0 Å². The molecule has 0 radical (unpaired) electrons. The van der Waals surface area contributed by atoms with E-state index >= 15 is 0 Å². The number of rotatable bonds is 10. The number of hydrogen-bond acceptors (Lipinski definition) is 35. The average molecular weight is 1470 g/mol. The van der Waals surface area contributed by atoms with Gasteiger partial charge in [0.1, 0.15) is 171 Å². The van der Waals surface area contributed by atoms with Gasteiger partial charge in [0.05, 0.1) is 46.2 Å². The lowest BCUT2D eigenvalue weighted by atomic mass is 9.95. The Hall–Kier alpha value is -2.38. The normalized spacial score (nSPS) is 47.4. The van der Waals surface area contributed by atoms with Crippen molar-refractivity contribution in [2.75, 3.05) is 46.2 Å². The highest BCUT2D eigenvalue weighted by atomic mass is 19.4. The van der Waals surface area contributed by atoms with Crippen molar-refractivity contribution >= 4 is 0 Å². The molecule has 0 saturated carbocycles. The lowest BCUT2D eigenvalue weighted by Gasteiger charge is -2.50. The van der Waals surface area contributed by atoms with Crippen LogP contribution in [-0.2, 0) is 66.3 Å². The first-order valence-electron chi connectivity index (χ1n) is 28.5. The maximum Gasteiger partial charge on any atom is 0.460 e. The molecule has 35 atom stereocenters. The fourth-order valence-electron chi connectivity index (χ4n) is 11.2. The Balaban J connectivity index is 0.000000573. The lowest BCUT2D eigenvalue weighted by molar-refractivity contribution is -0.451. The Morgan fingerprint density at radius 1 is 0.175 bits per heavy atom. The largest absolute Gasteiger partial charge is 0.460 e. The Bertz CT molecular complexity index is 2080. The Morgan fingerprint density at radius 2 is 0.289 bits per heavy atom. The van der Waals surface area contributed by atoms with Crippen molar-refractivity contribution in [2.45, 2.75) is 251 Å². The van der Waals surface area contributed by atoms with Crippen molar-refractivity contribution in [3.05, 3.63) is 0 Å². The van der Waals surface area contributed by atoms with Crippen LogP contribution in [0.25, 0.3) is 0 Å². The minimum Gasteiger partial charge on any atom is -0.394 e. The van der Waals surface area contributed by atoms with Gasteiger partial charge in [-0.15, -0.1) is 0 Å². The highest BCUT2D eigenvalue weighted by Gasteiger charge is 2.91. The van der Waals surface area contributed by atoms with Gasteiger partial charge in [-0.1, -0.05) is 0 Å². The zero-order valence-electron chi connectivity index (χ0n) is 48.6. The third kappa shape index (κ3) is 15.6. The predicted molar refractivity (Wildman–Crippen MR) is 260 cm³/mol. The third-order valence-corrected chi connectivity index (χ3v) is 16.7. The van der Waals surface area contributed by atoms with Crippen molar-refractivity contribution < 1.29 is 235 Å². The molecule has 21 saturated heterocycles. The second-order valence-electron chi connectivity index (χ2n) is 22.9. The molecule has 0 aromatic rings. The van der Waals surface area contributed by atoms with E-state index in [2.05, 4.69) is 0 Å². The van der Waals surface area contributed by atoms with Gasteiger partial charge in [-0.25, -0.2) is 0 Å². The van der Waals surface area contributed by atoms with Gasteiger partial charge in [0.15, 0.2) is 44.0 Å². The van der Waals surface area contributed by atoms with Gasteiger partial charge in [0.25, 0.3) is 0 Å². The molecule has 21 fully saturated rings. The van der Waals surface area contributed by atoms with E-state index in [4.69, 9.17) is 66.3 Å². The summed E-state index contributed by atoms with van der Waals surface area (Å²) in [6.45, 7) is -7.33. The molecule has 21 aliphatic rings. The van der Waals surface area contributed by atoms with Crippen LogP contribution in [0.5, 0.6) is 0 Å². The highest BCUT2D eigenvalue weighted by molar-refractivity contribution is 5.09. The Kier molecular flexibility index (Phi) is 26.6. The van der Waals surface area contributed by atoms with E-state index in [1.165, 1.54) is 0 Å². The third-order valence-electron chi connectivity index (χ3n) is 16.7. The van der Waals surface area contributed by atoms with Crippen LogP contribution in [0.4, 0.5) is 61.5 Å². The summed E-state index contributed by atoms with van der Waals surface area (Å²) in [6, 6.07) is 0. The summed E-state index contributed by atoms with van der Waals surface area (Å²) >= 11 is 0. The Morgan fingerprint density at radius 3 is 0.381 bits per heavy atom. The molecule has 97 heavy (non-hydrogen) atoms. The van der Waals surface area contributed by atoms with E-state index in [0.717, 1.165) is 0 Å². The maximum atomic E-state index is 12.3. The molecule has 0 aromatic heterocycles. The van der Waals surface area contributed by atoms with Gasteiger partial charge in [0.2, 0.25) is 0 Å². The molecule has 49 heteroatoms. The summed E-state index contributed by atoms with van der Waals surface area (Å²) < 4.78 is 246. The van der Waals surface area contributed by atoms with Crippen LogP contribution >= 0.6 is 0 Å². The first-order chi connectivity index (χ1) is 44.9. The van der Waals surface area contributed by atoms with Crippen LogP contribution in [0, 0.1) is 0 Å². The van der Waals surface area contributed by atoms with Crippen LogP contribution in [0.1, 0.15) is 0 Å². The first-order valence-corrected chi connectivity index (χ1v) is 28.5. The topological polar surface area (TPSA) is 554 Å². The van der Waals surface area contributed by atoms with E-state index in [-0.39, 0.29) is 0 Å². The molecular weight excluding hydrogens is 1400 g/mol. The molecule has 21 rings (SSSR count). The van der Waals surface area contributed by atoms with Gasteiger partial charge in [-0.05, 0) is 0 Å². The number of halogens is 14. The van der Waals surface area contributed by atoms with Crippen LogP contribution in [0.15, 0.2) is 0 Å². The van der Waals surface area contributed by atoms with E-state index in [0.29, 0.717) is 0 Å². The van der Waals surface area contributed by atoms with Crippen LogP contribution in [-0.4, -0.2) is 404 Å². The monoisotopic (exact) mass is 1470 g/mol. The number of alkyl halides is 14. The lowest BCUT2D eigenvalue weighted by Crippen LogP contribution is -2.69. The average Bonchev–Trinajstić information content (AvgIpc) is 0.716. The number of hydrogen-bond donors (Lipinski definition) is 21. The number of ether oxygens (including phenoxy) is 14. The van der Waals surface area contributed by atoms with Crippen LogP contribution < -0.4 is 0 Å². The molecule has 21 N–H and O–H groups in total. The second kappa shape index (κ2) is 31.5. The minimum absolute atomic E-state index is 1.05. The maximum absolute atomic E-state index is 12.3. The van der Waals surface area contributed by atoms with Crippen molar-refractivity contribution in [1.82, 2.24) is 0 Å². The molecule has 0 aliphatic carbocycles. The second-order valence-corrected chi connectivity index (χ2v) is 22.9. The molecule has 14 bridgehead atoms. The highest BCUT2D eigenvalue weighted by Crippen LogP contribution is 2.60. The summed E-state index contributed by atoms with van der Waals surface area (Å²) in [5.41, 5.74) is 0. The van der Waals surface area contributed by atoms with E-state index < -0.39 is 297 Å². The molecule has 570 valence electrons. The molecule has 0 unspecified atom stereocenters. The summed E-state index contributed by atoms with van der Waals surface area (Å²) in [7, 11) is 0. The smallest absolute Gasteiger partial charge is 0.394 e.